The van der Waals surface area contributed by atoms with Crippen molar-refractivity contribution in [3.8, 4) is 0 Å². The van der Waals surface area contributed by atoms with Crippen molar-refractivity contribution >= 4 is 22.9 Å². The number of fused-ring (bicyclic) bond motifs is 1. The monoisotopic (exact) mass is 352 g/mol. The number of carbonyl (C=O) groups is 1. The Bertz CT molecular complexity index is 903. The van der Waals surface area contributed by atoms with Crippen LogP contribution in [0.4, 0.5) is 10.6 Å². The molecule has 3 heterocycles. The normalized spacial score (nSPS) is 14.4. The van der Waals surface area contributed by atoms with E-state index in [1.54, 1.807) is 17.2 Å². The zero-order valence-electron chi connectivity index (χ0n) is 14.3. The highest BCUT2D eigenvalue weighted by Gasteiger charge is 2.16. The molecule has 4 rings (SSSR count). The van der Waals surface area contributed by atoms with Gasteiger partial charge in [-0.2, -0.15) is 0 Å². The molecule has 2 amide bonds. The van der Waals surface area contributed by atoms with Gasteiger partial charge in [-0.3, -0.25) is 0 Å². The Morgan fingerprint density at radius 1 is 1.12 bits per heavy atom. The molecule has 2 N–H and O–H groups in total. The maximum atomic E-state index is 12.3. The molecule has 8 heteroatoms. The minimum atomic E-state index is -0.301. The molecule has 1 fully saturated rings. The number of nitrogens with one attached hydrogen (secondary N) is 2. The number of benzene rings is 1. The summed E-state index contributed by atoms with van der Waals surface area (Å²) in [4.78, 5) is 23.2. The largest absolute Gasteiger partial charge is 0.378 e. The highest BCUT2D eigenvalue weighted by atomic mass is 16.5. The van der Waals surface area contributed by atoms with Crippen LogP contribution in [0.15, 0.2) is 48.9 Å². The van der Waals surface area contributed by atoms with Crippen LogP contribution in [0, 0.1) is 0 Å². The number of nitrogens with zero attached hydrogens (tertiary/aromatic N) is 4. The molecule has 0 bridgehead atoms. The van der Waals surface area contributed by atoms with Crippen molar-refractivity contribution in [1.82, 2.24) is 20.0 Å². The summed E-state index contributed by atoms with van der Waals surface area (Å²) in [6.07, 6.45) is 3.36. The second-order valence-corrected chi connectivity index (χ2v) is 5.98. The van der Waals surface area contributed by atoms with E-state index in [2.05, 4.69) is 25.6 Å². The maximum Gasteiger partial charge on any atom is 0.334 e. The number of pyridine rings is 1. The van der Waals surface area contributed by atoms with E-state index in [1.165, 1.54) is 0 Å². The number of hydrogen-bond acceptors (Lipinski definition) is 5. The van der Waals surface area contributed by atoms with E-state index >= 15 is 0 Å². The summed E-state index contributed by atoms with van der Waals surface area (Å²) in [5, 5.41) is 2.88. The molecule has 0 aliphatic carbocycles. The summed E-state index contributed by atoms with van der Waals surface area (Å²) in [7, 11) is 0. The Morgan fingerprint density at radius 2 is 1.96 bits per heavy atom. The lowest BCUT2D eigenvalue weighted by Gasteiger charge is -2.29. The minimum absolute atomic E-state index is 0.301. The maximum absolute atomic E-state index is 12.3. The van der Waals surface area contributed by atoms with Crippen LogP contribution >= 0.6 is 0 Å². The van der Waals surface area contributed by atoms with Gasteiger partial charge in [0.25, 0.3) is 0 Å². The molecule has 0 radical (unpaired) electrons. The van der Waals surface area contributed by atoms with Gasteiger partial charge in [0, 0.05) is 31.4 Å². The predicted molar refractivity (Wildman–Crippen MR) is 98.6 cm³/mol. The molecular formula is C18H20N6O2. The highest BCUT2D eigenvalue weighted by molar-refractivity contribution is 5.85. The van der Waals surface area contributed by atoms with Crippen molar-refractivity contribution in [3.63, 3.8) is 0 Å². The molecule has 1 saturated heterocycles. The fourth-order valence-electron chi connectivity index (χ4n) is 3.00. The van der Waals surface area contributed by atoms with Crippen molar-refractivity contribution in [2.45, 2.75) is 6.54 Å². The van der Waals surface area contributed by atoms with Crippen LogP contribution in [0.5, 0.6) is 0 Å². The summed E-state index contributed by atoms with van der Waals surface area (Å²) >= 11 is 0. The number of ether oxygens (including phenoxy) is 1. The van der Waals surface area contributed by atoms with Gasteiger partial charge in [0.05, 0.1) is 24.2 Å². The molecule has 3 aromatic rings. The van der Waals surface area contributed by atoms with Crippen molar-refractivity contribution in [2.75, 3.05) is 36.6 Å². The third-order valence-electron chi connectivity index (χ3n) is 4.29. The first kappa shape index (κ1) is 16.3. The summed E-state index contributed by atoms with van der Waals surface area (Å²) in [5.41, 5.74) is 5.43. The van der Waals surface area contributed by atoms with Crippen LogP contribution < -0.4 is 15.6 Å². The van der Waals surface area contributed by atoms with Crippen molar-refractivity contribution in [1.29, 1.82) is 0 Å². The number of anilines is 1. The Kier molecular flexibility index (Phi) is 4.65. The molecule has 134 valence electrons. The third-order valence-corrected chi connectivity index (χ3v) is 4.29. The van der Waals surface area contributed by atoms with Gasteiger partial charge in [0.15, 0.2) is 0 Å². The number of hydrogen-bond donors (Lipinski definition) is 2. The lowest BCUT2D eigenvalue weighted by Crippen LogP contribution is -2.38. The van der Waals surface area contributed by atoms with Gasteiger partial charge in [0.2, 0.25) is 0 Å². The van der Waals surface area contributed by atoms with E-state index in [9.17, 15) is 4.79 Å². The van der Waals surface area contributed by atoms with E-state index in [4.69, 9.17) is 4.74 Å². The van der Waals surface area contributed by atoms with Crippen LogP contribution in [0.1, 0.15) is 5.56 Å². The molecule has 0 saturated carbocycles. The first-order valence-electron chi connectivity index (χ1n) is 8.55. The highest BCUT2D eigenvalue weighted by Crippen LogP contribution is 2.18. The summed E-state index contributed by atoms with van der Waals surface area (Å²) in [6.45, 7) is 3.38. The number of para-hydroxylation sites is 2. The second kappa shape index (κ2) is 7.40. The first-order valence-corrected chi connectivity index (χ1v) is 8.55. The number of aromatic nitrogens is 3. The average molecular weight is 352 g/mol. The van der Waals surface area contributed by atoms with Crippen molar-refractivity contribution in [2.24, 2.45) is 0 Å². The zero-order valence-corrected chi connectivity index (χ0v) is 14.3. The van der Waals surface area contributed by atoms with E-state index in [0.717, 1.165) is 35.5 Å². The molecular weight excluding hydrogens is 332 g/mol. The molecule has 8 nitrogen and oxygen atoms in total. The Hall–Kier alpha value is -3.13. The number of urea groups is 1. The van der Waals surface area contributed by atoms with Crippen molar-refractivity contribution in [3.05, 3.63) is 54.5 Å². The zero-order chi connectivity index (χ0) is 17.8. The van der Waals surface area contributed by atoms with E-state index in [-0.39, 0.29) is 6.03 Å². The number of amides is 2. The van der Waals surface area contributed by atoms with Gasteiger partial charge in [-0.15, -0.1) is 0 Å². The minimum Gasteiger partial charge on any atom is -0.378 e. The van der Waals surface area contributed by atoms with Gasteiger partial charge in [-0.1, -0.05) is 18.2 Å². The standard InChI is InChI=1S/C18H20N6O2/c25-18(22-24-13-21-15-5-1-2-6-16(15)24)20-12-14-4-3-7-19-17(14)23-8-10-26-11-9-23/h1-7,13H,8-12H2,(H2,20,22,25). The molecule has 0 spiro atoms. The fraction of sp³-hybridized carbons (Fsp3) is 0.278. The molecule has 0 unspecified atom stereocenters. The number of carbonyl (C=O) groups excluding carboxylic acids is 1. The smallest absolute Gasteiger partial charge is 0.334 e. The van der Waals surface area contributed by atoms with Crippen molar-refractivity contribution < 1.29 is 9.53 Å². The summed E-state index contributed by atoms with van der Waals surface area (Å²) < 4.78 is 7.00. The molecule has 1 aromatic carbocycles. The van der Waals surface area contributed by atoms with E-state index < -0.39 is 0 Å². The lowest BCUT2D eigenvalue weighted by molar-refractivity contribution is 0.122. The topological polar surface area (TPSA) is 84.3 Å². The molecule has 1 aliphatic heterocycles. The van der Waals surface area contributed by atoms with E-state index in [0.29, 0.717) is 19.8 Å². The molecule has 26 heavy (non-hydrogen) atoms. The third kappa shape index (κ3) is 3.45. The Morgan fingerprint density at radius 3 is 2.85 bits per heavy atom. The van der Waals surface area contributed by atoms with Gasteiger partial charge in [-0.25, -0.2) is 24.9 Å². The number of rotatable bonds is 4. The molecule has 2 aromatic heterocycles. The quantitative estimate of drug-likeness (QED) is 0.747. The SMILES string of the molecule is O=C(NCc1cccnc1N1CCOCC1)Nn1cnc2ccccc21. The Balaban J connectivity index is 1.42. The molecule has 0 atom stereocenters. The first-order chi connectivity index (χ1) is 12.8. The van der Waals surface area contributed by atoms with E-state index in [1.807, 2.05) is 36.4 Å². The van der Waals surface area contributed by atoms with Crippen LogP contribution in [0.2, 0.25) is 0 Å². The fourth-order valence-corrected chi connectivity index (χ4v) is 3.00. The molecule has 1 aliphatic rings. The summed E-state index contributed by atoms with van der Waals surface area (Å²) in [5.74, 6) is 0.893. The van der Waals surface area contributed by atoms with Crippen LogP contribution in [-0.4, -0.2) is 47.0 Å². The van der Waals surface area contributed by atoms with Gasteiger partial charge < -0.3 is 15.0 Å². The summed E-state index contributed by atoms with van der Waals surface area (Å²) in [6, 6.07) is 11.2. The number of morpholine rings is 1. The number of imidazole rings is 1. The van der Waals surface area contributed by atoms with Crippen LogP contribution in [-0.2, 0) is 11.3 Å². The second-order valence-electron chi connectivity index (χ2n) is 5.98. The van der Waals surface area contributed by atoms with Gasteiger partial charge >= 0.3 is 6.03 Å². The van der Waals surface area contributed by atoms with Gasteiger partial charge in [-0.05, 0) is 18.2 Å². The average Bonchev–Trinajstić information content (AvgIpc) is 3.10. The van der Waals surface area contributed by atoms with Gasteiger partial charge in [0.1, 0.15) is 12.1 Å². The predicted octanol–water partition coefficient (Wildman–Crippen LogP) is 1.72. The van der Waals surface area contributed by atoms with Crippen LogP contribution in [0.3, 0.4) is 0 Å². The van der Waals surface area contributed by atoms with Crippen LogP contribution in [0.25, 0.3) is 11.0 Å². The Labute approximate surface area is 150 Å². The lowest BCUT2D eigenvalue weighted by atomic mass is 10.2.